The predicted molar refractivity (Wildman–Crippen MR) is 114 cm³/mol. The first kappa shape index (κ1) is 20.3. The number of rotatable bonds is 6. The third-order valence-corrected chi connectivity index (χ3v) is 7.86. The lowest BCUT2D eigenvalue weighted by atomic mass is 10.2. The molecule has 8 heteroatoms. The first-order valence-corrected chi connectivity index (χ1v) is 11.4. The van der Waals surface area contributed by atoms with E-state index in [0.717, 1.165) is 14.8 Å². The lowest BCUT2D eigenvalue weighted by molar-refractivity contribution is 0.402. The smallest absolute Gasteiger partial charge is 0.268 e. The molecule has 3 rings (SSSR count). The van der Waals surface area contributed by atoms with Gasteiger partial charge in [-0.15, -0.1) is 11.8 Å². The lowest BCUT2D eigenvalue weighted by Crippen LogP contribution is -2.20. The van der Waals surface area contributed by atoms with Crippen LogP contribution in [0.4, 0.5) is 0 Å². The fraction of sp³-hybridized carbons (Fsp3) is 0.263. The predicted octanol–water partition coefficient (Wildman–Crippen LogP) is 4.65. The Morgan fingerprint density at radius 1 is 1.15 bits per heavy atom. The Morgan fingerprint density at radius 3 is 2.41 bits per heavy atom. The van der Waals surface area contributed by atoms with Crippen LogP contribution in [0, 0.1) is 0 Å². The van der Waals surface area contributed by atoms with Gasteiger partial charge in [-0.05, 0) is 63.5 Å². The fourth-order valence-corrected chi connectivity index (χ4v) is 5.42. The zero-order valence-electron chi connectivity index (χ0n) is 15.5. The molecule has 5 nitrogen and oxygen atoms in total. The fourth-order valence-electron chi connectivity index (χ4n) is 2.59. The van der Waals surface area contributed by atoms with Crippen molar-refractivity contribution in [2.75, 3.05) is 21.2 Å². The van der Waals surface area contributed by atoms with Gasteiger partial charge in [0.15, 0.2) is 0 Å². The molecule has 0 N–H and O–H groups in total. The van der Waals surface area contributed by atoms with E-state index in [2.05, 4.69) is 27.8 Å². The molecular formula is C19H21BrN2O3S2. The highest BCUT2D eigenvalue weighted by Crippen LogP contribution is 2.36. The van der Waals surface area contributed by atoms with Crippen LogP contribution in [0.15, 0.2) is 62.9 Å². The van der Waals surface area contributed by atoms with Crippen LogP contribution in [0.25, 0.3) is 10.9 Å². The molecule has 0 saturated carbocycles. The molecule has 27 heavy (non-hydrogen) atoms. The summed E-state index contributed by atoms with van der Waals surface area (Å²) in [7, 11) is 1.83. The number of halogens is 1. The number of hydrogen-bond donors (Lipinski definition) is 0. The van der Waals surface area contributed by atoms with E-state index in [1.54, 1.807) is 49.3 Å². The van der Waals surface area contributed by atoms with E-state index in [9.17, 15) is 8.42 Å². The first-order chi connectivity index (χ1) is 12.7. The Labute approximate surface area is 172 Å². The van der Waals surface area contributed by atoms with Crippen LogP contribution in [0.2, 0.25) is 0 Å². The van der Waals surface area contributed by atoms with Gasteiger partial charge in [-0.1, -0.05) is 15.9 Å². The summed E-state index contributed by atoms with van der Waals surface area (Å²) in [6, 6.07) is 12.1. The van der Waals surface area contributed by atoms with Gasteiger partial charge in [0.05, 0.1) is 22.9 Å². The summed E-state index contributed by atoms with van der Waals surface area (Å²) in [6.45, 7) is 2.09. The van der Waals surface area contributed by atoms with Gasteiger partial charge < -0.3 is 4.74 Å². The van der Waals surface area contributed by atoms with Gasteiger partial charge in [-0.2, -0.15) is 0 Å². The Bertz CT molecular complexity index is 1060. The zero-order valence-corrected chi connectivity index (χ0v) is 18.7. The maximum atomic E-state index is 13.3. The molecule has 0 aliphatic heterocycles. The second-order valence-electron chi connectivity index (χ2n) is 6.31. The summed E-state index contributed by atoms with van der Waals surface area (Å²) in [5.41, 5.74) is 0.655. The van der Waals surface area contributed by atoms with Crippen molar-refractivity contribution < 1.29 is 13.2 Å². The monoisotopic (exact) mass is 468 g/mol. The van der Waals surface area contributed by atoms with Gasteiger partial charge in [-0.3, -0.25) is 4.90 Å². The highest BCUT2D eigenvalue weighted by atomic mass is 79.9. The summed E-state index contributed by atoms with van der Waals surface area (Å²) in [5.74, 6) is 0.617. The molecule has 1 unspecified atom stereocenters. The summed E-state index contributed by atoms with van der Waals surface area (Å²) in [5, 5.41) is 1.10. The molecule has 1 heterocycles. The van der Waals surface area contributed by atoms with Crippen molar-refractivity contribution in [1.82, 2.24) is 8.87 Å². The third kappa shape index (κ3) is 4.03. The molecule has 3 aromatic rings. The van der Waals surface area contributed by atoms with Crippen molar-refractivity contribution in [2.45, 2.75) is 22.1 Å². The standard InChI is InChI=1S/C19H21BrN2O3S2/c1-13(21(2)3)26-19-12-22(18-10-5-14(20)11-17(18)19)27(23,24)16-8-6-15(25-4)7-9-16/h5-13H,1-4H3. The Kier molecular flexibility index (Phi) is 5.90. The minimum absolute atomic E-state index is 0.201. The number of benzene rings is 2. The molecule has 1 atom stereocenters. The maximum Gasteiger partial charge on any atom is 0.268 e. The molecular weight excluding hydrogens is 448 g/mol. The van der Waals surface area contributed by atoms with Crippen LogP contribution >= 0.6 is 27.7 Å². The van der Waals surface area contributed by atoms with E-state index in [-0.39, 0.29) is 10.3 Å². The normalized spacial score (nSPS) is 13.3. The third-order valence-electron chi connectivity index (χ3n) is 4.34. The molecule has 0 aliphatic carbocycles. The van der Waals surface area contributed by atoms with Crippen LogP contribution < -0.4 is 4.74 Å². The van der Waals surface area contributed by atoms with Crippen molar-refractivity contribution in [1.29, 1.82) is 0 Å². The largest absolute Gasteiger partial charge is 0.497 e. The highest BCUT2D eigenvalue weighted by Gasteiger charge is 2.23. The Hall–Kier alpha value is -1.48. The van der Waals surface area contributed by atoms with Gasteiger partial charge in [0.1, 0.15) is 5.75 Å². The lowest BCUT2D eigenvalue weighted by Gasteiger charge is -2.18. The van der Waals surface area contributed by atoms with Gasteiger partial charge >= 0.3 is 0 Å². The Balaban J connectivity index is 2.15. The average molecular weight is 469 g/mol. The topological polar surface area (TPSA) is 51.5 Å². The van der Waals surface area contributed by atoms with Crippen LogP contribution in [0.5, 0.6) is 5.75 Å². The van der Waals surface area contributed by atoms with E-state index in [1.165, 1.54) is 3.97 Å². The second-order valence-corrected chi connectivity index (χ2v) is 10.4. The summed E-state index contributed by atoms with van der Waals surface area (Å²) in [6.07, 6.45) is 1.71. The number of ether oxygens (including phenoxy) is 1. The molecule has 2 aromatic carbocycles. The molecule has 0 spiro atoms. The van der Waals surface area contributed by atoms with E-state index >= 15 is 0 Å². The number of nitrogens with zero attached hydrogens (tertiary/aromatic N) is 2. The minimum atomic E-state index is -3.72. The highest BCUT2D eigenvalue weighted by molar-refractivity contribution is 9.10. The average Bonchev–Trinajstić information content (AvgIpc) is 3.00. The summed E-state index contributed by atoms with van der Waals surface area (Å²) >= 11 is 5.12. The maximum absolute atomic E-state index is 13.3. The van der Waals surface area contributed by atoms with Crippen molar-refractivity contribution in [3.63, 3.8) is 0 Å². The molecule has 0 bridgehead atoms. The number of aromatic nitrogens is 1. The van der Waals surface area contributed by atoms with Gasteiger partial charge in [-0.25, -0.2) is 12.4 Å². The molecule has 0 aliphatic rings. The van der Waals surface area contributed by atoms with Crippen LogP contribution in [0.1, 0.15) is 6.92 Å². The minimum Gasteiger partial charge on any atom is -0.497 e. The van der Waals surface area contributed by atoms with E-state index in [4.69, 9.17) is 4.74 Å². The molecule has 1 aromatic heterocycles. The summed E-state index contributed by atoms with van der Waals surface area (Å²) < 4.78 is 33.9. The SMILES string of the molecule is COc1ccc(S(=O)(=O)n2cc(SC(C)N(C)C)c3cc(Br)ccc32)cc1. The zero-order chi connectivity index (χ0) is 19.8. The van der Waals surface area contributed by atoms with Crippen LogP contribution in [-0.2, 0) is 10.0 Å². The molecule has 0 fully saturated rings. The number of fused-ring (bicyclic) bond motifs is 1. The number of thioether (sulfide) groups is 1. The quantitative estimate of drug-likeness (QED) is 0.389. The van der Waals surface area contributed by atoms with Crippen molar-refractivity contribution in [3.05, 3.63) is 53.1 Å². The first-order valence-electron chi connectivity index (χ1n) is 8.27. The molecule has 0 saturated heterocycles. The molecule has 0 radical (unpaired) electrons. The van der Waals surface area contributed by atoms with E-state index < -0.39 is 10.0 Å². The van der Waals surface area contributed by atoms with Crippen molar-refractivity contribution >= 4 is 48.6 Å². The van der Waals surface area contributed by atoms with Gasteiger partial charge in [0, 0.05) is 21.0 Å². The van der Waals surface area contributed by atoms with Crippen LogP contribution in [-0.4, -0.2) is 43.9 Å². The van der Waals surface area contributed by atoms with Gasteiger partial charge in [0.25, 0.3) is 10.0 Å². The summed E-state index contributed by atoms with van der Waals surface area (Å²) in [4.78, 5) is 3.23. The Morgan fingerprint density at radius 2 is 1.81 bits per heavy atom. The molecule has 144 valence electrons. The van der Waals surface area contributed by atoms with Crippen molar-refractivity contribution in [3.8, 4) is 5.75 Å². The van der Waals surface area contributed by atoms with Crippen LogP contribution in [0.3, 0.4) is 0 Å². The number of methoxy groups -OCH3 is 1. The molecule has 0 amide bonds. The van der Waals surface area contributed by atoms with Crippen molar-refractivity contribution in [2.24, 2.45) is 0 Å². The number of hydrogen-bond acceptors (Lipinski definition) is 5. The van der Waals surface area contributed by atoms with Gasteiger partial charge in [0.2, 0.25) is 0 Å². The van der Waals surface area contributed by atoms with E-state index in [0.29, 0.717) is 11.3 Å². The van der Waals surface area contributed by atoms with E-state index in [1.807, 2.05) is 32.3 Å². The second kappa shape index (κ2) is 7.87.